The molecule has 84 valence electrons. The van der Waals surface area contributed by atoms with Gasteiger partial charge in [0.1, 0.15) is 6.04 Å². The largest absolute Gasteiger partial charge is 0.377 e. The summed E-state index contributed by atoms with van der Waals surface area (Å²) >= 11 is 0. The van der Waals surface area contributed by atoms with Gasteiger partial charge in [0.15, 0.2) is 5.78 Å². The molecular formula is C11H18N2O2. The number of nitrogens with one attached hydrogen (secondary N) is 2. The van der Waals surface area contributed by atoms with Crippen LogP contribution in [0.15, 0.2) is 11.8 Å². The van der Waals surface area contributed by atoms with E-state index in [9.17, 15) is 9.59 Å². The predicted molar refractivity (Wildman–Crippen MR) is 58.2 cm³/mol. The SMILES string of the molecule is CC(=O)/C=C(/C)NC1CCCCNC1=O. The Bertz CT molecular complexity index is 284. The quantitative estimate of drug-likeness (QED) is 0.675. The van der Waals surface area contributed by atoms with Crippen LogP contribution < -0.4 is 10.6 Å². The van der Waals surface area contributed by atoms with Crippen molar-refractivity contribution in [2.45, 2.75) is 39.2 Å². The van der Waals surface area contributed by atoms with Crippen molar-refractivity contribution in [2.24, 2.45) is 0 Å². The average Bonchev–Trinajstić information content (AvgIpc) is 2.30. The molecule has 0 bridgehead atoms. The van der Waals surface area contributed by atoms with Gasteiger partial charge < -0.3 is 10.6 Å². The first-order chi connectivity index (χ1) is 7.09. The van der Waals surface area contributed by atoms with Gasteiger partial charge in [0.2, 0.25) is 5.91 Å². The minimum Gasteiger partial charge on any atom is -0.377 e. The molecule has 0 aromatic carbocycles. The molecule has 4 heteroatoms. The molecule has 0 radical (unpaired) electrons. The molecule has 15 heavy (non-hydrogen) atoms. The minimum absolute atomic E-state index is 0.00553. The van der Waals surface area contributed by atoms with E-state index in [1.54, 1.807) is 6.92 Å². The third kappa shape index (κ3) is 4.14. The fourth-order valence-electron chi connectivity index (χ4n) is 1.70. The summed E-state index contributed by atoms with van der Waals surface area (Å²) in [4.78, 5) is 22.4. The lowest BCUT2D eigenvalue weighted by molar-refractivity contribution is -0.122. The van der Waals surface area contributed by atoms with Crippen molar-refractivity contribution in [3.63, 3.8) is 0 Å². The summed E-state index contributed by atoms with van der Waals surface area (Å²) in [6, 6.07) is -0.192. The molecule has 1 fully saturated rings. The number of ketones is 1. The topological polar surface area (TPSA) is 58.2 Å². The van der Waals surface area contributed by atoms with Crippen LogP contribution in [0.25, 0.3) is 0 Å². The summed E-state index contributed by atoms with van der Waals surface area (Å²) in [7, 11) is 0. The van der Waals surface area contributed by atoms with E-state index in [-0.39, 0.29) is 17.7 Å². The number of carbonyl (C=O) groups excluding carboxylic acids is 2. The second kappa shape index (κ2) is 5.53. The van der Waals surface area contributed by atoms with Crippen LogP contribution in [0.2, 0.25) is 0 Å². The van der Waals surface area contributed by atoms with E-state index in [1.807, 2.05) is 0 Å². The predicted octanol–water partition coefficient (Wildman–Crippen LogP) is 0.737. The number of hydrogen-bond donors (Lipinski definition) is 2. The van der Waals surface area contributed by atoms with Crippen LogP contribution in [0.3, 0.4) is 0 Å². The van der Waals surface area contributed by atoms with Crippen molar-refractivity contribution in [1.82, 2.24) is 10.6 Å². The van der Waals surface area contributed by atoms with Gasteiger partial charge in [0.25, 0.3) is 0 Å². The molecule has 1 amide bonds. The van der Waals surface area contributed by atoms with Gasteiger partial charge in [0.05, 0.1) is 0 Å². The molecule has 1 aliphatic rings. The van der Waals surface area contributed by atoms with E-state index in [2.05, 4.69) is 10.6 Å². The fraction of sp³-hybridized carbons (Fsp3) is 0.636. The lowest BCUT2D eigenvalue weighted by atomic mass is 10.1. The van der Waals surface area contributed by atoms with Crippen molar-refractivity contribution in [3.05, 3.63) is 11.8 Å². The molecule has 1 heterocycles. The number of carbonyl (C=O) groups is 2. The molecule has 2 N–H and O–H groups in total. The van der Waals surface area contributed by atoms with Crippen LogP contribution in [-0.2, 0) is 9.59 Å². The summed E-state index contributed by atoms with van der Waals surface area (Å²) in [6.45, 7) is 4.06. The molecule has 1 atom stereocenters. The number of allylic oxidation sites excluding steroid dienone is 2. The van der Waals surface area contributed by atoms with Gasteiger partial charge >= 0.3 is 0 Å². The Morgan fingerprint density at radius 1 is 1.47 bits per heavy atom. The van der Waals surface area contributed by atoms with E-state index >= 15 is 0 Å². The molecule has 1 unspecified atom stereocenters. The summed E-state index contributed by atoms with van der Waals surface area (Å²) in [5.74, 6) is 0.0258. The van der Waals surface area contributed by atoms with E-state index in [4.69, 9.17) is 0 Å². The minimum atomic E-state index is -0.192. The third-order valence-electron chi connectivity index (χ3n) is 2.36. The third-order valence-corrected chi connectivity index (χ3v) is 2.36. The van der Waals surface area contributed by atoms with Crippen molar-refractivity contribution in [2.75, 3.05) is 6.54 Å². The lowest BCUT2D eigenvalue weighted by Gasteiger charge is -2.16. The van der Waals surface area contributed by atoms with Gasteiger partial charge in [0, 0.05) is 12.2 Å². The van der Waals surface area contributed by atoms with Crippen molar-refractivity contribution < 1.29 is 9.59 Å². The normalized spacial score (nSPS) is 22.9. The summed E-state index contributed by atoms with van der Waals surface area (Å²) < 4.78 is 0. The van der Waals surface area contributed by atoms with Crippen LogP contribution in [0.5, 0.6) is 0 Å². The van der Waals surface area contributed by atoms with E-state index in [0.29, 0.717) is 0 Å². The Kier molecular flexibility index (Phi) is 4.34. The van der Waals surface area contributed by atoms with Crippen molar-refractivity contribution in [1.29, 1.82) is 0 Å². The number of rotatable bonds is 3. The molecule has 0 aromatic rings. The monoisotopic (exact) mass is 210 g/mol. The Morgan fingerprint density at radius 2 is 2.20 bits per heavy atom. The zero-order chi connectivity index (χ0) is 11.3. The summed E-state index contributed by atoms with van der Waals surface area (Å²) in [5.41, 5.74) is 0.754. The first-order valence-corrected chi connectivity index (χ1v) is 5.32. The van der Waals surface area contributed by atoms with Crippen molar-refractivity contribution >= 4 is 11.7 Å². The van der Waals surface area contributed by atoms with Crippen LogP contribution in [0, 0.1) is 0 Å². The lowest BCUT2D eigenvalue weighted by Crippen LogP contribution is -2.42. The molecule has 0 aliphatic carbocycles. The van der Waals surface area contributed by atoms with Gasteiger partial charge in [-0.1, -0.05) is 0 Å². The van der Waals surface area contributed by atoms with Gasteiger partial charge in [-0.05, 0) is 39.2 Å². The molecule has 0 saturated carbocycles. The van der Waals surface area contributed by atoms with Crippen LogP contribution >= 0.6 is 0 Å². The Balaban J connectivity index is 2.55. The first kappa shape index (κ1) is 11.8. The second-order valence-electron chi connectivity index (χ2n) is 3.92. The van der Waals surface area contributed by atoms with Gasteiger partial charge in [-0.3, -0.25) is 9.59 Å². The zero-order valence-corrected chi connectivity index (χ0v) is 9.30. The zero-order valence-electron chi connectivity index (χ0n) is 9.30. The molecule has 1 saturated heterocycles. The average molecular weight is 210 g/mol. The Morgan fingerprint density at radius 3 is 2.87 bits per heavy atom. The molecule has 0 aromatic heterocycles. The van der Waals surface area contributed by atoms with Crippen LogP contribution in [0.1, 0.15) is 33.1 Å². The smallest absolute Gasteiger partial charge is 0.242 e. The first-order valence-electron chi connectivity index (χ1n) is 5.32. The van der Waals surface area contributed by atoms with Crippen LogP contribution in [-0.4, -0.2) is 24.3 Å². The van der Waals surface area contributed by atoms with Gasteiger partial charge in [-0.25, -0.2) is 0 Å². The molecule has 1 rings (SSSR count). The fourth-order valence-corrected chi connectivity index (χ4v) is 1.70. The highest BCUT2D eigenvalue weighted by molar-refractivity contribution is 5.88. The van der Waals surface area contributed by atoms with Gasteiger partial charge in [-0.15, -0.1) is 0 Å². The maximum absolute atomic E-state index is 11.5. The Hall–Kier alpha value is -1.32. The summed E-state index contributed by atoms with van der Waals surface area (Å²) in [5, 5.41) is 5.91. The maximum atomic E-state index is 11.5. The standard InChI is InChI=1S/C11H18N2O2/c1-8(7-9(2)14)13-10-5-3-4-6-12-11(10)15/h7,10,13H,3-6H2,1-2H3,(H,12,15)/b8-7-. The van der Waals surface area contributed by atoms with E-state index in [0.717, 1.165) is 31.5 Å². The highest BCUT2D eigenvalue weighted by Crippen LogP contribution is 2.06. The number of hydrogen-bond acceptors (Lipinski definition) is 3. The molecular weight excluding hydrogens is 192 g/mol. The van der Waals surface area contributed by atoms with Crippen molar-refractivity contribution in [3.8, 4) is 0 Å². The number of amides is 1. The second-order valence-corrected chi connectivity index (χ2v) is 3.92. The van der Waals surface area contributed by atoms with E-state index in [1.165, 1.54) is 13.0 Å². The van der Waals surface area contributed by atoms with Gasteiger partial charge in [-0.2, -0.15) is 0 Å². The van der Waals surface area contributed by atoms with E-state index < -0.39 is 0 Å². The highest BCUT2D eigenvalue weighted by Gasteiger charge is 2.19. The molecule has 4 nitrogen and oxygen atoms in total. The highest BCUT2D eigenvalue weighted by atomic mass is 16.2. The molecule has 0 spiro atoms. The Labute approximate surface area is 90.1 Å². The molecule has 1 aliphatic heterocycles. The summed E-state index contributed by atoms with van der Waals surface area (Å²) in [6.07, 6.45) is 4.40. The van der Waals surface area contributed by atoms with Crippen LogP contribution in [0.4, 0.5) is 0 Å². The maximum Gasteiger partial charge on any atom is 0.242 e.